The number of benzene rings is 10. The van der Waals surface area contributed by atoms with E-state index in [2.05, 4.69) is 248 Å². The molecule has 2 aliphatic rings. The number of hydrogen-bond acceptors (Lipinski definition) is 0. The number of hydrogen-bond donors (Lipinski definition) is 0. The van der Waals surface area contributed by atoms with Crippen LogP contribution in [0.4, 0.5) is 0 Å². The number of fused-ring (bicyclic) bond motifs is 9. The molecule has 324 valence electrons. The van der Waals surface area contributed by atoms with Crippen molar-refractivity contribution in [3.63, 3.8) is 0 Å². The van der Waals surface area contributed by atoms with Crippen LogP contribution < -0.4 is 0 Å². The Morgan fingerprint density at radius 3 is 1.54 bits per heavy atom. The Balaban J connectivity index is 1.000. The van der Waals surface area contributed by atoms with E-state index in [1.54, 1.807) is 0 Å². The van der Waals surface area contributed by atoms with Crippen molar-refractivity contribution in [3.8, 4) is 55.6 Å². The second-order valence-electron chi connectivity index (χ2n) is 20.6. The normalized spacial score (nSPS) is 14.5. The van der Waals surface area contributed by atoms with Gasteiger partial charge in [-0.1, -0.05) is 242 Å². The van der Waals surface area contributed by atoms with Crippen LogP contribution >= 0.6 is 0 Å². The van der Waals surface area contributed by atoms with Crippen LogP contribution in [0.25, 0.3) is 77.2 Å². The Morgan fingerprint density at radius 2 is 0.836 bits per heavy atom. The van der Waals surface area contributed by atoms with Gasteiger partial charge < -0.3 is 0 Å². The molecular weight excluding hydrogens is 805 g/mol. The SMILES string of the molecule is CC(C)c1cc(C(Cc2ccc3c(c2)C(C)(C)c2cc(-c4ccccc4)c4ccccc4c2-3)c2ccc3c(c2)C(C)(C)c2ccccc2-3)ccc1-c1ccc(-c2ccccc2)c2ccccc12. The molecule has 1 unspecified atom stereocenters. The summed E-state index contributed by atoms with van der Waals surface area (Å²) in [6.07, 6.45) is 0.896. The summed E-state index contributed by atoms with van der Waals surface area (Å²) in [5.41, 5.74) is 24.1. The van der Waals surface area contributed by atoms with Crippen molar-refractivity contribution in [2.24, 2.45) is 0 Å². The monoisotopic (exact) mass is 860 g/mol. The van der Waals surface area contributed by atoms with E-state index in [9.17, 15) is 0 Å². The maximum absolute atomic E-state index is 2.56. The van der Waals surface area contributed by atoms with Crippen molar-refractivity contribution < 1.29 is 0 Å². The molecule has 0 aromatic heterocycles. The minimum absolute atomic E-state index is 0.0862. The fourth-order valence-corrected chi connectivity index (χ4v) is 12.1. The zero-order chi connectivity index (χ0) is 45.6. The van der Waals surface area contributed by atoms with Crippen LogP contribution in [0.3, 0.4) is 0 Å². The van der Waals surface area contributed by atoms with Crippen molar-refractivity contribution in [1.82, 2.24) is 0 Å². The van der Waals surface area contributed by atoms with Gasteiger partial charge in [0.15, 0.2) is 0 Å². The number of rotatable bonds is 8. The van der Waals surface area contributed by atoms with E-state index in [1.807, 2.05) is 0 Å². The average Bonchev–Trinajstić information content (AvgIpc) is 3.74. The van der Waals surface area contributed by atoms with Crippen molar-refractivity contribution in [3.05, 3.63) is 251 Å². The Morgan fingerprint density at radius 1 is 0.343 bits per heavy atom. The lowest BCUT2D eigenvalue weighted by Gasteiger charge is -2.26. The highest BCUT2D eigenvalue weighted by molar-refractivity contribution is 6.09. The van der Waals surface area contributed by atoms with E-state index >= 15 is 0 Å². The first-order chi connectivity index (χ1) is 32.6. The van der Waals surface area contributed by atoms with Gasteiger partial charge in [-0.15, -0.1) is 0 Å². The molecule has 1 atom stereocenters. The summed E-state index contributed by atoms with van der Waals surface area (Å²) in [4.78, 5) is 0. The summed E-state index contributed by atoms with van der Waals surface area (Å²) in [6.45, 7) is 14.4. The molecule has 0 bridgehead atoms. The van der Waals surface area contributed by atoms with Crippen LogP contribution in [0.1, 0.15) is 97.9 Å². The van der Waals surface area contributed by atoms with Gasteiger partial charge in [0.1, 0.15) is 0 Å². The van der Waals surface area contributed by atoms with E-state index in [1.165, 1.54) is 122 Å². The first-order valence-electron chi connectivity index (χ1n) is 24.3. The molecular formula is C67H56. The Labute approximate surface area is 396 Å². The van der Waals surface area contributed by atoms with Crippen LogP contribution in [0.5, 0.6) is 0 Å². The summed E-state index contributed by atoms with van der Waals surface area (Å²) >= 11 is 0. The standard InChI is InChI=1S/C67H56/c1-42(2)58-39-46(30-33-53(58)52-36-35-48(44-19-9-7-10-20-44)49-23-13-14-24-50(49)52)59(47-31-34-55-54-26-17-18-28-61(54)66(3,4)63(55)40-47)37-43-29-32-57-62(38-43)67(5,6)64-41-60(45-21-11-8-12-22-45)51-25-15-16-27-56(51)65(57)64/h7-36,38-42,59H,37H2,1-6H3. The quantitative estimate of drug-likeness (QED) is 0.143. The van der Waals surface area contributed by atoms with Crippen LogP contribution in [0, 0.1) is 0 Å². The molecule has 0 amide bonds. The van der Waals surface area contributed by atoms with Crippen LogP contribution in [0.2, 0.25) is 0 Å². The molecule has 0 spiro atoms. The first kappa shape index (κ1) is 41.2. The van der Waals surface area contributed by atoms with Gasteiger partial charge in [-0.2, -0.15) is 0 Å². The topological polar surface area (TPSA) is 0 Å². The molecule has 0 saturated heterocycles. The molecule has 0 aliphatic heterocycles. The molecule has 0 saturated carbocycles. The van der Waals surface area contributed by atoms with Gasteiger partial charge >= 0.3 is 0 Å². The van der Waals surface area contributed by atoms with Gasteiger partial charge in [0.2, 0.25) is 0 Å². The third-order valence-corrected chi connectivity index (χ3v) is 15.7. The van der Waals surface area contributed by atoms with Gasteiger partial charge in [-0.3, -0.25) is 0 Å². The maximum Gasteiger partial charge on any atom is 0.0159 e. The van der Waals surface area contributed by atoms with Crippen molar-refractivity contribution in [2.45, 2.75) is 70.6 Å². The highest BCUT2D eigenvalue weighted by Gasteiger charge is 2.39. The second-order valence-corrected chi connectivity index (χ2v) is 20.6. The third-order valence-electron chi connectivity index (χ3n) is 15.7. The van der Waals surface area contributed by atoms with Crippen molar-refractivity contribution >= 4 is 21.5 Å². The molecule has 10 aromatic carbocycles. The molecule has 10 aromatic rings. The molecule has 0 N–H and O–H groups in total. The van der Waals surface area contributed by atoms with Gasteiger partial charge in [0.25, 0.3) is 0 Å². The van der Waals surface area contributed by atoms with Crippen LogP contribution in [0.15, 0.2) is 206 Å². The van der Waals surface area contributed by atoms with Crippen LogP contribution in [-0.2, 0) is 17.3 Å². The van der Waals surface area contributed by atoms with E-state index in [0.29, 0.717) is 5.92 Å². The predicted molar refractivity (Wildman–Crippen MR) is 285 cm³/mol. The zero-order valence-electron chi connectivity index (χ0n) is 39.5. The van der Waals surface area contributed by atoms with E-state index in [0.717, 1.165) is 6.42 Å². The fraction of sp³-hybridized carbons (Fsp3) is 0.164. The van der Waals surface area contributed by atoms with Crippen molar-refractivity contribution in [1.29, 1.82) is 0 Å². The van der Waals surface area contributed by atoms with Crippen molar-refractivity contribution in [2.75, 3.05) is 0 Å². The highest BCUT2D eigenvalue weighted by atomic mass is 14.4. The predicted octanol–water partition coefficient (Wildman–Crippen LogP) is 18.1. The minimum atomic E-state index is -0.168. The molecule has 0 nitrogen and oxygen atoms in total. The average molecular weight is 861 g/mol. The van der Waals surface area contributed by atoms with Gasteiger partial charge in [-0.05, 0) is 140 Å². The van der Waals surface area contributed by atoms with E-state index in [4.69, 9.17) is 0 Å². The summed E-state index contributed by atoms with van der Waals surface area (Å²) < 4.78 is 0. The smallest absolute Gasteiger partial charge is 0.0159 e. The Hall–Kier alpha value is -7.28. The summed E-state index contributed by atoms with van der Waals surface area (Å²) in [7, 11) is 0. The summed E-state index contributed by atoms with van der Waals surface area (Å²) in [5.74, 6) is 0.468. The molecule has 12 rings (SSSR count). The minimum Gasteiger partial charge on any atom is -0.0622 e. The van der Waals surface area contributed by atoms with Crippen LogP contribution in [-0.4, -0.2) is 0 Å². The Kier molecular flexibility index (Phi) is 9.63. The molecule has 0 fully saturated rings. The van der Waals surface area contributed by atoms with E-state index < -0.39 is 0 Å². The second kappa shape index (κ2) is 15.7. The molecule has 67 heavy (non-hydrogen) atoms. The lowest BCUT2D eigenvalue weighted by atomic mass is 9.77. The molecule has 0 heteroatoms. The first-order valence-corrected chi connectivity index (χ1v) is 24.3. The zero-order valence-corrected chi connectivity index (χ0v) is 39.5. The maximum atomic E-state index is 2.56. The highest BCUT2D eigenvalue weighted by Crippen LogP contribution is 2.54. The molecule has 2 aliphatic carbocycles. The summed E-state index contributed by atoms with van der Waals surface area (Å²) in [6, 6.07) is 78.2. The molecule has 0 heterocycles. The lowest BCUT2D eigenvalue weighted by Crippen LogP contribution is -2.17. The largest absolute Gasteiger partial charge is 0.0622 e. The summed E-state index contributed by atoms with van der Waals surface area (Å²) in [5, 5.41) is 5.23. The lowest BCUT2D eigenvalue weighted by molar-refractivity contribution is 0.655. The van der Waals surface area contributed by atoms with Gasteiger partial charge in [0, 0.05) is 16.7 Å². The van der Waals surface area contributed by atoms with Gasteiger partial charge in [0.05, 0.1) is 0 Å². The van der Waals surface area contributed by atoms with E-state index in [-0.39, 0.29) is 16.7 Å². The third kappa shape index (κ3) is 6.56. The van der Waals surface area contributed by atoms with Gasteiger partial charge in [-0.25, -0.2) is 0 Å². The fourth-order valence-electron chi connectivity index (χ4n) is 12.1. The molecule has 0 radical (unpaired) electrons. The Bertz CT molecular complexity index is 3560.